The van der Waals surface area contributed by atoms with Crippen molar-refractivity contribution < 1.29 is 8.42 Å². The molecular weight excluding hydrogens is 202 g/mol. The predicted molar refractivity (Wildman–Crippen MR) is 51.1 cm³/mol. The van der Waals surface area contributed by atoms with Crippen molar-refractivity contribution >= 4 is 10.0 Å². The van der Waals surface area contributed by atoms with Gasteiger partial charge in [-0.25, -0.2) is 13.1 Å². The van der Waals surface area contributed by atoms with Crippen molar-refractivity contribution in [1.82, 2.24) is 14.9 Å². The van der Waals surface area contributed by atoms with Gasteiger partial charge >= 0.3 is 0 Å². The maximum absolute atomic E-state index is 11.5. The smallest absolute Gasteiger partial charge is 0.257 e. The Balaban J connectivity index is 1.88. The van der Waals surface area contributed by atoms with Crippen LogP contribution < -0.4 is 4.72 Å². The normalized spacial score (nSPS) is 17.1. The van der Waals surface area contributed by atoms with E-state index in [0.29, 0.717) is 6.54 Å². The summed E-state index contributed by atoms with van der Waals surface area (Å²) in [7, 11) is -3.35. The molecule has 5 nitrogen and oxygen atoms in total. The Morgan fingerprint density at radius 3 is 2.93 bits per heavy atom. The topological polar surface area (TPSA) is 74.8 Å². The quantitative estimate of drug-likeness (QED) is 0.750. The summed E-state index contributed by atoms with van der Waals surface area (Å²) in [4.78, 5) is 0. The molecule has 0 amide bonds. The van der Waals surface area contributed by atoms with Gasteiger partial charge in [0.15, 0.2) is 5.03 Å². The van der Waals surface area contributed by atoms with Crippen LogP contribution in [0.2, 0.25) is 0 Å². The van der Waals surface area contributed by atoms with E-state index >= 15 is 0 Å². The van der Waals surface area contributed by atoms with Crippen LogP contribution in [0.25, 0.3) is 0 Å². The molecule has 1 aromatic heterocycles. The van der Waals surface area contributed by atoms with Gasteiger partial charge in [0, 0.05) is 6.54 Å². The number of hydrogen-bond donors (Lipinski definition) is 2. The summed E-state index contributed by atoms with van der Waals surface area (Å²) in [6, 6.07) is 1.44. The Morgan fingerprint density at radius 1 is 1.57 bits per heavy atom. The molecule has 1 heterocycles. The van der Waals surface area contributed by atoms with Crippen molar-refractivity contribution in [2.24, 2.45) is 5.92 Å². The van der Waals surface area contributed by atoms with Gasteiger partial charge in [-0.2, -0.15) is 5.10 Å². The highest BCUT2D eigenvalue weighted by Gasteiger charge is 2.22. The predicted octanol–water partition coefficient (Wildman–Crippen LogP) is 0.488. The van der Waals surface area contributed by atoms with Crippen molar-refractivity contribution in [1.29, 1.82) is 0 Å². The number of rotatable bonds is 5. The summed E-state index contributed by atoms with van der Waals surface area (Å²) >= 11 is 0. The van der Waals surface area contributed by atoms with Crippen molar-refractivity contribution in [2.75, 3.05) is 6.54 Å². The molecule has 78 valence electrons. The van der Waals surface area contributed by atoms with Gasteiger partial charge in [-0.05, 0) is 18.4 Å². The third kappa shape index (κ3) is 2.33. The van der Waals surface area contributed by atoms with Gasteiger partial charge in [0.2, 0.25) is 0 Å². The molecule has 0 bridgehead atoms. The number of hydrogen-bond acceptors (Lipinski definition) is 3. The third-order valence-electron chi connectivity index (χ3n) is 2.31. The van der Waals surface area contributed by atoms with Crippen LogP contribution in [0.15, 0.2) is 17.3 Å². The Kier molecular flexibility index (Phi) is 2.56. The van der Waals surface area contributed by atoms with E-state index in [1.807, 2.05) is 0 Å². The third-order valence-corrected chi connectivity index (χ3v) is 3.70. The van der Waals surface area contributed by atoms with E-state index in [1.54, 1.807) is 0 Å². The lowest BCUT2D eigenvalue weighted by Crippen LogP contribution is -2.25. The summed E-state index contributed by atoms with van der Waals surface area (Å²) in [5.41, 5.74) is 0. The van der Waals surface area contributed by atoms with Crippen LogP contribution >= 0.6 is 0 Å². The zero-order chi connectivity index (χ0) is 10.0. The Morgan fingerprint density at radius 2 is 2.36 bits per heavy atom. The average molecular weight is 215 g/mol. The van der Waals surface area contributed by atoms with Crippen LogP contribution in [-0.2, 0) is 10.0 Å². The summed E-state index contributed by atoms with van der Waals surface area (Å²) in [6.07, 6.45) is 4.85. The van der Waals surface area contributed by atoms with Crippen molar-refractivity contribution in [3.05, 3.63) is 12.3 Å². The second-order valence-electron chi connectivity index (χ2n) is 3.55. The molecule has 0 aliphatic heterocycles. The first-order valence-corrected chi connectivity index (χ1v) is 6.16. The van der Waals surface area contributed by atoms with Crippen LogP contribution in [0, 0.1) is 5.92 Å². The van der Waals surface area contributed by atoms with Crippen molar-refractivity contribution in [2.45, 2.75) is 24.3 Å². The standard InChI is InChI=1S/C8H13N3O2S/c12-14(13,8-4-5-9-11-8)10-6-3-7-1-2-7/h4-5,7,10H,1-3,6H2,(H,9,11). The fraction of sp³-hybridized carbons (Fsp3) is 0.625. The number of nitrogens with zero attached hydrogens (tertiary/aromatic N) is 1. The van der Waals surface area contributed by atoms with Gasteiger partial charge in [0.1, 0.15) is 0 Å². The summed E-state index contributed by atoms with van der Waals surface area (Å²) < 4.78 is 25.6. The van der Waals surface area contributed by atoms with Gasteiger partial charge in [0.25, 0.3) is 10.0 Å². The molecule has 2 N–H and O–H groups in total. The van der Waals surface area contributed by atoms with E-state index in [0.717, 1.165) is 12.3 Å². The number of sulfonamides is 1. The van der Waals surface area contributed by atoms with Gasteiger partial charge in [-0.15, -0.1) is 0 Å². The molecule has 0 aromatic carbocycles. The molecule has 14 heavy (non-hydrogen) atoms. The lowest BCUT2D eigenvalue weighted by molar-refractivity contribution is 0.571. The number of nitrogens with one attached hydrogen (secondary N) is 2. The van der Waals surface area contributed by atoms with Crippen LogP contribution in [-0.4, -0.2) is 25.2 Å². The lowest BCUT2D eigenvalue weighted by atomic mass is 10.3. The highest BCUT2D eigenvalue weighted by Crippen LogP contribution is 2.31. The van der Waals surface area contributed by atoms with E-state index in [-0.39, 0.29) is 5.03 Å². The number of H-pyrrole nitrogens is 1. The molecule has 0 radical (unpaired) electrons. The van der Waals surface area contributed by atoms with E-state index in [4.69, 9.17) is 0 Å². The highest BCUT2D eigenvalue weighted by atomic mass is 32.2. The first-order valence-electron chi connectivity index (χ1n) is 4.67. The van der Waals surface area contributed by atoms with E-state index in [9.17, 15) is 8.42 Å². The van der Waals surface area contributed by atoms with Crippen LogP contribution in [0.4, 0.5) is 0 Å². The maximum Gasteiger partial charge on any atom is 0.257 e. The van der Waals surface area contributed by atoms with Crippen molar-refractivity contribution in [3.8, 4) is 0 Å². The van der Waals surface area contributed by atoms with Gasteiger partial charge in [0.05, 0.1) is 6.20 Å². The first-order chi connectivity index (χ1) is 6.68. The second kappa shape index (κ2) is 3.70. The molecule has 2 rings (SSSR count). The molecule has 1 aliphatic carbocycles. The average Bonchev–Trinajstić information content (AvgIpc) is 2.80. The van der Waals surface area contributed by atoms with Crippen LogP contribution in [0.1, 0.15) is 19.3 Å². The molecule has 1 aromatic rings. The van der Waals surface area contributed by atoms with Crippen molar-refractivity contribution in [3.63, 3.8) is 0 Å². The summed E-state index contributed by atoms with van der Waals surface area (Å²) in [5.74, 6) is 0.736. The highest BCUT2D eigenvalue weighted by molar-refractivity contribution is 7.89. The largest absolute Gasteiger partial charge is 0.266 e. The summed E-state index contributed by atoms with van der Waals surface area (Å²) in [5, 5.41) is 6.16. The molecule has 1 aliphatic rings. The lowest BCUT2D eigenvalue weighted by Gasteiger charge is -2.02. The van der Waals surface area contributed by atoms with E-state index in [2.05, 4.69) is 14.9 Å². The van der Waals surface area contributed by atoms with Crippen LogP contribution in [0.5, 0.6) is 0 Å². The summed E-state index contributed by atoms with van der Waals surface area (Å²) in [6.45, 7) is 0.520. The van der Waals surface area contributed by atoms with Gasteiger partial charge in [-0.1, -0.05) is 12.8 Å². The molecule has 0 saturated heterocycles. The zero-order valence-corrected chi connectivity index (χ0v) is 8.55. The molecule has 0 unspecified atom stereocenters. The molecule has 1 saturated carbocycles. The Hall–Kier alpha value is -0.880. The zero-order valence-electron chi connectivity index (χ0n) is 7.73. The molecular formula is C8H13N3O2S. The first kappa shape index (κ1) is 9.67. The maximum atomic E-state index is 11.5. The van der Waals surface area contributed by atoms with E-state index < -0.39 is 10.0 Å². The minimum atomic E-state index is -3.35. The Bertz CT molecular complexity index is 381. The van der Waals surface area contributed by atoms with Crippen LogP contribution in [0.3, 0.4) is 0 Å². The fourth-order valence-electron chi connectivity index (χ4n) is 1.27. The molecule has 0 atom stereocenters. The fourth-order valence-corrected chi connectivity index (χ4v) is 2.23. The minimum absolute atomic E-state index is 0.133. The number of aromatic nitrogens is 2. The van der Waals surface area contributed by atoms with Gasteiger partial charge in [-0.3, -0.25) is 5.10 Å². The minimum Gasteiger partial charge on any atom is -0.266 e. The monoisotopic (exact) mass is 215 g/mol. The molecule has 1 fully saturated rings. The Labute approximate surface area is 83.0 Å². The second-order valence-corrected chi connectivity index (χ2v) is 5.29. The molecule has 0 spiro atoms. The molecule has 6 heteroatoms. The van der Waals surface area contributed by atoms with Gasteiger partial charge < -0.3 is 0 Å². The number of aromatic amines is 1. The SMILES string of the molecule is O=S(=O)(NCCC1CC1)c1ccn[nH]1. The van der Waals surface area contributed by atoms with E-state index in [1.165, 1.54) is 25.1 Å².